The van der Waals surface area contributed by atoms with Crippen molar-refractivity contribution in [1.29, 1.82) is 0 Å². The van der Waals surface area contributed by atoms with Crippen molar-refractivity contribution in [2.45, 2.75) is 13.0 Å². The molecule has 0 spiro atoms. The Morgan fingerprint density at radius 3 is 2.61 bits per heavy atom. The van der Waals surface area contributed by atoms with E-state index in [1.54, 1.807) is 4.31 Å². The zero-order chi connectivity index (χ0) is 16.4. The third-order valence-electron chi connectivity index (χ3n) is 4.58. The summed E-state index contributed by atoms with van der Waals surface area (Å²) in [5.74, 6) is 0. The van der Waals surface area contributed by atoms with Gasteiger partial charge in [-0.25, -0.2) is 8.42 Å². The number of H-pyrrole nitrogens is 1. The number of ether oxygens (including phenoxy) is 1. The summed E-state index contributed by atoms with van der Waals surface area (Å²) in [5.41, 5.74) is 2.39. The molecule has 2 saturated heterocycles. The topological polar surface area (TPSA) is 68.9 Å². The maximum Gasteiger partial charge on any atom is 0.211 e. The van der Waals surface area contributed by atoms with Crippen LogP contribution in [0.5, 0.6) is 0 Å². The first-order valence-corrected chi connectivity index (χ1v) is 9.96. The fourth-order valence-corrected chi connectivity index (χ4v) is 4.10. The van der Waals surface area contributed by atoms with Crippen LogP contribution in [-0.4, -0.2) is 87.4 Å². The second-order valence-corrected chi connectivity index (χ2v) is 8.42. The minimum atomic E-state index is -3.06. The maximum absolute atomic E-state index is 11.6. The fraction of sp³-hybridized carbons (Fsp3) is 0.733. The quantitative estimate of drug-likeness (QED) is 0.841. The lowest BCUT2D eigenvalue weighted by atomic mass is 10.2. The van der Waals surface area contributed by atoms with E-state index in [1.165, 1.54) is 17.6 Å². The van der Waals surface area contributed by atoms with Crippen molar-refractivity contribution in [3.8, 4) is 0 Å². The number of anilines is 1. The molecule has 0 radical (unpaired) electrons. The molecule has 1 aromatic heterocycles. The van der Waals surface area contributed by atoms with E-state index in [-0.39, 0.29) is 6.10 Å². The van der Waals surface area contributed by atoms with Crippen LogP contribution in [0, 0.1) is 6.92 Å². The highest BCUT2D eigenvalue weighted by molar-refractivity contribution is 7.88. The molecule has 1 N–H and O–H groups in total. The largest absolute Gasteiger partial charge is 0.373 e. The highest BCUT2D eigenvalue weighted by Crippen LogP contribution is 2.19. The monoisotopic (exact) mass is 342 g/mol. The number of hydrogen-bond donors (Lipinski definition) is 1. The standard InChI is InChI=1S/C15H26N4O3S/c1-13-9-14(10-16-13)18-7-8-22-15(12-18)11-17-3-5-19(6-4-17)23(2,20)21/h9-10,15-16H,3-8,11-12H2,1-2H3. The molecule has 0 bridgehead atoms. The van der Waals surface area contributed by atoms with Gasteiger partial charge in [-0.2, -0.15) is 4.31 Å². The first kappa shape index (κ1) is 16.8. The van der Waals surface area contributed by atoms with Gasteiger partial charge in [0, 0.05) is 57.7 Å². The zero-order valence-electron chi connectivity index (χ0n) is 13.9. The summed E-state index contributed by atoms with van der Waals surface area (Å²) in [6.07, 6.45) is 3.50. The van der Waals surface area contributed by atoms with Gasteiger partial charge in [0.15, 0.2) is 0 Å². The number of aromatic nitrogens is 1. The van der Waals surface area contributed by atoms with E-state index < -0.39 is 10.0 Å². The van der Waals surface area contributed by atoms with Crippen LogP contribution in [0.4, 0.5) is 5.69 Å². The number of aryl methyl sites for hydroxylation is 1. The molecule has 2 fully saturated rings. The molecular weight excluding hydrogens is 316 g/mol. The SMILES string of the molecule is Cc1cc(N2CCOC(CN3CCN(S(C)(=O)=O)CC3)C2)c[nH]1. The van der Waals surface area contributed by atoms with E-state index in [0.29, 0.717) is 13.1 Å². The fourth-order valence-electron chi connectivity index (χ4n) is 3.27. The van der Waals surface area contributed by atoms with Crippen LogP contribution in [0.15, 0.2) is 12.3 Å². The van der Waals surface area contributed by atoms with E-state index in [2.05, 4.69) is 27.8 Å². The lowest BCUT2D eigenvalue weighted by Gasteiger charge is -2.39. The number of nitrogens with zero attached hydrogens (tertiary/aromatic N) is 3. The summed E-state index contributed by atoms with van der Waals surface area (Å²) < 4.78 is 30.6. The second-order valence-electron chi connectivity index (χ2n) is 6.44. The normalized spacial score (nSPS) is 25.0. The highest BCUT2D eigenvalue weighted by Gasteiger charge is 2.27. The van der Waals surface area contributed by atoms with Gasteiger partial charge in [0.25, 0.3) is 0 Å². The van der Waals surface area contributed by atoms with Gasteiger partial charge in [0.2, 0.25) is 10.0 Å². The van der Waals surface area contributed by atoms with Gasteiger partial charge in [-0.3, -0.25) is 4.90 Å². The van der Waals surface area contributed by atoms with Gasteiger partial charge in [-0.05, 0) is 13.0 Å². The Labute approximate surface area is 138 Å². The summed E-state index contributed by atoms with van der Waals surface area (Å²) in [5, 5.41) is 0. The first-order chi connectivity index (χ1) is 10.9. The van der Waals surface area contributed by atoms with E-state index in [0.717, 1.165) is 39.3 Å². The molecule has 0 aromatic carbocycles. The van der Waals surface area contributed by atoms with Crippen LogP contribution in [0.3, 0.4) is 0 Å². The third-order valence-corrected chi connectivity index (χ3v) is 5.88. The van der Waals surface area contributed by atoms with Crippen molar-refractivity contribution in [2.24, 2.45) is 0 Å². The molecule has 0 saturated carbocycles. The number of nitrogens with one attached hydrogen (secondary N) is 1. The van der Waals surface area contributed by atoms with Crippen molar-refractivity contribution in [3.63, 3.8) is 0 Å². The molecule has 130 valence electrons. The van der Waals surface area contributed by atoms with Gasteiger partial charge in [-0.1, -0.05) is 0 Å². The van der Waals surface area contributed by atoms with Crippen LogP contribution in [-0.2, 0) is 14.8 Å². The summed E-state index contributed by atoms with van der Waals surface area (Å²) >= 11 is 0. The molecule has 23 heavy (non-hydrogen) atoms. The number of rotatable bonds is 4. The van der Waals surface area contributed by atoms with Crippen LogP contribution >= 0.6 is 0 Å². The van der Waals surface area contributed by atoms with Gasteiger partial charge < -0.3 is 14.6 Å². The molecule has 3 heterocycles. The Balaban J connectivity index is 1.51. The molecule has 2 aliphatic heterocycles. The predicted octanol–water partition coefficient (Wildman–Crippen LogP) is 0.106. The molecule has 7 nitrogen and oxygen atoms in total. The van der Waals surface area contributed by atoms with Gasteiger partial charge >= 0.3 is 0 Å². The smallest absolute Gasteiger partial charge is 0.211 e. The lowest BCUT2D eigenvalue weighted by molar-refractivity contribution is 0.00993. The summed E-state index contributed by atoms with van der Waals surface area (Å²) in [6, 6.07) is 2.16. The zero-order valence-corrected chi connectivity index (χ0v) is 14.7. The predicted molar refractivity (Wildman–Crippen MR) is 90.3 cm³/mol. The number of aromatic amines is 1. The van der Waals surface area contributed by atoms with E-state index >= 15 is 0 Å². The molecule has 1 aromatic rings. The Morgan fingerprint density at radius 2 is 2.00 bits per heavy atom. The van der Waals surface area contributed by atoms with E-state index in [9.17, 15) is 8.42 Å². The summed E-state index contributed by atoms with van der Waals surface area (Å²) in [6.45, 7) is 8.14. The number of piperazine rings is 1. The van der Waals surface area contributed by atoms with Crippen molar-refractivity contribution >= 4 is 15.7 Å². The van der Waals surface area contributed by atoms with E-state index in [4.69, 9.17) is 4.74 Å². The van der Waals surface area contributed by atoms with Crippen molar-refractivity contribution in [3.05, 3.63) is 18.0 Å². The maximum atomic E-state index is 11.6. The first-order valence-electron chi connectivity index (χ1n) is 8.11. The van der Waals surface area contributed by atoms with Crippen LogP contribution < -0.4 is 4.90 Å². The molecule has 1 atom stereocenters. The minimum Gasteiger partial charge on any atom is -0.373 e. The minimum absolute atomic E-state index is 0.170. The average molecular weight is 342 g/mol. The average Bonchev–Trinajstić information content (AvgIpc) is 2.94. The third kappa shape index (κ3) is 4.26. The van der Waals surface area contributed by atoms with Gasteiger partial charge in [0.1, 0.15) is 0 Å². The Kier molecular flexibility index (Phi) is 4.96. The highest BCUT2D eigenvalue weighted by atomic mass is 32.2. The molecule has 2 aliphatic rings. The molecule has 0 aliphatic carbocycles. The molecule has 3 rings (SSSR count). The summed E-state index contributed by atoms with van der Waals surface area (Å²) in [4.78, 5) is 7.88. The lowest BCUT2D eigenvalue weighted by Crippen LogP contribution is -2.53. The van der Waals surface area contributed by atoms with E-state index in [1.807, 2.05) is 6.20 Å². The second kappa shape index (κ2) is 6.80. The molecule has 0 amide bonds. The number of hydrogen-bond acceptors (Lipinski definition) is 5. The Hall–Kier alpha value is -1.09. The summed E-state index contributed by atoms with van der Waals surface area (Å²) in [7, 11) is -3.06. The van der Waals surface area contributed by atoms with Crippen LogP contribution in [0.25, 0.3) is 0 Å². The number of morpholine rings is 1. The van der Waals surface area contributed by atoms with Gasteiger partial charge in [0.05, 0.1) is 24.7 Å². The number of sulfonamides is 1. The molecular formula is C15H26N4O3S. The van der Waals surface area contributed by atoms with Crippen molar-refractivity contribution < 1.29 is 13.2 Å². The van der Waals surface area contributed by atoms with Gasteiger partial charge in [-0.15, -0.1) is 0 Å². The Bertz CT molecular complexity index is 622. The van der Waals surface area contributed by atoms with Crippen molar-refractivity contribution in [2.75, 3.05) is 63.6 Å². The van der Waals surface area contributed by atoms with Crippen molar-refractivity contribution in [1.82, 2.24) is 14.2 Å². The van der Waals surface area contributed by atoms with Crippen LogP contribution in [0.2, 0.25) is 0 Å². The Morgan fingerprint density at radius 1 is 1.26 bits per heavy atom. The molecule has 1 unspecified atom stereocenters. The molecule has 8 heteroatoms. The van der Waals surface area contributed by atoms with Crippen LogP contribution in [0.1, 0.15) is 5.69 Å².